The summed E-state index contributed by atoms with van der Waals surface area (Å²) in [5, 5.41) is 0. The van der Waals surface area contributed by atoms with E-state index in [9.17, 15) is 0 Å². The van der Waals surface area contributed by atoms with Gasteiger partial charge in [-0.1, -0.05) is 48.5 Å². The van der Waals surface area contributed by atoms with Crippen molar-refractivity contribution in [1.82, 2.24) is 0 Å². The highest BCUT2D eigenvalue weighted by atomic mass is 14.6. The van der Waals surface area contributed by atoms with Crippen molar-refractivity contribution in [2.75, 3.05) is 0 Å². The van der Waals surface area contributed by atoms with Gasteiger partial charge in [0.1, 0.15) is 0 Å². The van der Waals surface area contributed by atoms with Gasteiger partial charge in [-0.25, -0.2) is 0 Å². The summed E-state index contributed by atoms with van der Waals surface area (Å²) >= 11 is 0. The smallest absolute Gasteiger partial charge is 0.0313 e. The fourth-order valence-electron chi connectivity index (χ4n) is 5.57. The first-order valence-corrected chi connectivity index (χ1v) is 7.22. The summed E-state index contributed by atoms with van der Waals surface area (Å²) in [5.41, 5.74) is 1.88. The molecule has 0 heteroatoms. The number of fused-ring (bicyclic) bond motifs is 2. The maximum atomic E-state index is 2.53. The van der Waals surface area contributed by atoms with Crippen LogP contribution in [0, 0.1) is 22.2 Å². The molecule has 0 saturated heterocycles. The van der Waals surface area contributed by atoms with Gasteiger partial charge in [0, 0.05) is 0 Å². The van der Waals surface area contributed by atoms with Crippen molar-refractivity contribution in [3.63, 3.8) is 0 Å². The predicted octanol–water partition coefficient (Wildman–Crippen LogP) is 5.67. The topological polar surface area (TPSA) is 0 Å². The highest BCUT2D eigenvalue weighted by Crippen LogP contribution is 2.61. The van der Waals surface area contributed by atoms with E-state index < -0.39 is 0 Å². The molecule has 0 aromatic carbocycles. The molecule has 2 atom stereocenters. The van der Waals surface area contributed by atoms with Crippen LogP contribution in [0.2, 0.25) is 0 Å². The molecule has 0 radical (unpaired) electrons. The Morgan fingerprint density at radius 2 is 1.12 bits per heavy atom. The van der Waals surface area contributed by atoms with Crippen molar-refractivity contribution < 1.29 is 0 Å². The van der Waals surface area contributed by atoms with Crippen LogP contribution in [0.15, 0.2) is 0 Å². The van der Waals surface area contributed by atoms with E-state index in [-0.39, 0.29) is 0 Å². The van der Waals surface area contributed by atoms with Crippen molar-refractivity contribution >= 4 is 0 Å². The van der Waals surface area contributed by atoms with Gasteiger partial charge in [0.2, 0.25) is 0 Å². The van der Waals surface area contributed by atoms with Crippen LogP contribution in [0.3, 0.4) is 0 Å². The minimum Gasteiger partial charge on any atom is -0.0683 e. The van der Waals surface area contributed by atoms with Crippen LogP contribution in [0.25, 0.3) is 0 Å². The van der Waals surface area contributed by atoms with Gasteiger partial charge in [0.05, 0.1) is 0 Å². The second kappa shape index (κ2) is 4.35. The summed E-state index contributed by atoms with van der Waals surface area (Å²) in [7, 11) is 0. The third kappa shape index (κ3) is 3.02. The zero-order valence-corrected chi connectivity index (χ0v) is 12.6. The molecule has 0 spiro atoms. The van der Waals surface area contributed by atoms with Gasteiger partial charge >= 0.3 is 0 Å². The lowest BCUT2D eigenvalue weighted by molar-refractivity contribution is -0.0629. The third-order valence-corrected chi connectivity index (χ3v) is 4.35. The maximum absolute atomic E-state index is 2.53. The van der Waals surface area contributed by atoms with Crippen LogP contribution in [0.1, 0.15) is 80.6 Å². The summed E-state index contributed by atoms with van der Waals surface area (Å²) in [5.74, 6) is 0.954. The average Bonchev–Trinajstić information content (AvgIpc) is 1.97. The Kier molecular flexibility index (Phi) is 3.82. The van der Waals surface area contributed by atoms with Crippen molar-refractivity contribution in [3.05, 3.63) is 0 Å². The molecule has 2 saturated carbocycles. The molecule has 2 unspecified atom stereocenters. The summed E-state index contributed by atoms with van der Waals surface area (Å²) in [6.07, 6.45) is 7.30. The van der Waals surface area contributed by atoms with Gasteiger partial charge < -0.3 is 0 Å². The molecule has 2 bridgehead atoms. The SMILES string of the molecule is CC.CC1CC2(C)CC(C)(C)CC(C)(C1)C2. The average molecular weight is 224 g/mol. The molecule has 2 fully saturated rings. The fraction of sp³-hybridized carbons (Fsp3) is 1.00. The van der Waals surface area contributed by atoms with E-state index in [2.05, 4.69) is 34.6 Å². The number of rotatable bonds is 0. The predicted molar refractivity (Wildman–Crippen MR) is 73.6 cm³/mol. The molecule has 2 aliphatic rings. The quantitative estimate of drug-likeness (QED) is 0.497. The van der Waals surface area contributed by atoms with E-state index in [4.69, 9.17) is 0 Å². The molecule has 0 aromatic heterocycles. The first kappa shape index (κ1) is 14.1. The van der Waals surface area contributed by atoms with Gasteiger partial charge in [-0.3, -0.25) is 0 Å². The minimum absolute atomic E-state index is 0.585. The lowest BCUT2D eigenvalue weighted by Crippen LogP contribution is -2.46. The van der Waals surface area contributed by atoms with Crippen LogP contribution in [-0.2, 0) is 0 Å². The van der Waals surface area contributed by atoms with Crippen molar-refractivity contribution in [3.8, 4) is 0 Å². The van der Waals surface area contributed by atoms with E-state index in [1.807, 2.05) is 13.8 Å². The second-order valence-electron chi connectivity index (χ2n) is 7.83. The zero-order chi connectivity index (χ0) is 12.6. The van der Waals surface area contributed by atoms with E-state index >= 15 is 0 Å². The van der Waals surface area contributed by atoms with E-state index in [1.54, 1.807) is 0 Å². The Morgan fingerprint density at radius 1 is 0.750 bits per heavy atom. The molecule has 2 rings (SSSR count). The van der Waals surface area contributed by atoms with Gasteiger partial charge in [0.25, 0.3) is 0 Å². The van der Waals surface area contributed by atoms with Gasteiger partial charge in [-0.15, -0.1) is 0 Å². The molecule has 96 valence electrons. The van der Waals surface area contributed by atoms with Gasteiger partial charge in [-0.2, -0.15) is 0 Å². The molecular formula is C16H32. The Labute approximate surface area is 103 Å². The maximum Gasteiger partial charge on any atom is -0.0313 e. The Morgan fingerprint density at radius 3 is 1.50 bits per heavy atom. The van der Waals surface area contributed by atoms with Crippen molar-refractivity contribution in [2.24, 2.45) is 22.2 Å². The summed E-state index contributed by atoms with van der Waals surface area (Å²) in [6.45, 7) is 16.5. The van der Waals surface area contributed by atoms with Crippen LogP contribution in [0.5, 0.6) is 0 Å². The van der Waals surface area contributed by atoms with Crippen LogP contribution >= 0.6 is 0 Å². The molecule has 2 aliphatic carbocycles. The highest BCUT2D eigenvalue weighted by Gasteiger charge is 2.50. The summed E-state index contributed by atoms with van der Waals surface area (Å²) < 4.78 is 0. The molecule has 0 N–H and O–H groups in total. The monoisotopic (exact) mass is 224 g/mol. The largest absolute Gasteiger partial charge is 0.0683 e. The van der Waals surface area contributed by atoms with Crippen molar-refractivity contribution in [1.29, 1.82) is 0 Å². The zero-order valence-electron chi connectivity index (χ0n) is 12.6. The Balaban J connectivity index is 0.000000606. The first-order valence-electron chi connectivity index (χ1n) is 7.22. The van der Waals surface area contributed by atoms with E-state index in [1.165, 1.54) is 32.1 Å². The van der Waals surface area contributed by atoms with Crippen molar-refractivity contribution in [2.45, 2.75) is 80.6 Å². The Hall–Kier alpha value is 0. The van der Waals surface area contributed by atoms with E-state index in [0.717, 1.165) is 5.92 Å². The Bertz CT molecular complexity index is 210. The third-order valence-electron chi connectivity index (χ3n) is 4.35. The standard InChI is InChI=1S/C14H26.C2H6/c1-11-6-13(4)8-12(2,3)9-14(5,7-11)10-13;1-2/h11H,6-10H2,1-5H3;1-2H3. The lowest BCUT2D eigenvalue weighted by atomic mass is 9.48. The number of hydrogen-bond donors (Lipinski definition) is 0. The minimum atomic E-state index is 0.585. The summed E-state index contributed by atoms with van der Waals surface area (Å²) in [6, 6.07) is 0. The molecule has 16 heavy (non-hydrogen) atoms. The first-order chi connectivity index (χ1) is 7.22. The molecule has 0 heterocycles. The fourth-order valence-corrected chi connectivity index (χ4v) is 5.57. The highest BCUT2D eigenvalue weighted by molar-refractivity contribution is 5.01. The number of hydrogen-bond acceptors (Lipinski definition) is 0. The van der Waals surface area contributed by atoms with E-state index in [0.29, 0.717) is 16.2 Å². The van der Waals surface area contributed by atoms with Crippen LogP contribution in [0.4, 0.5) is 0 Å². The molecular weight excluding hydrogens is 192 g/mol. The molecule has 0 amide bonds. The van der Waals surface area contributed by atoms with Crippen LogP contribution in [-0.4, -0.2) is 0 Å². The van der Waals surface area contributed by atoms with Gasteiger partial charge in [0.15, 0.2) is 0 Å². The lowest BCUT2D eigenvalue weighted by Gasteiger charge is -2.57. The van der Waals surface area contributed by atoms with Gasteiger partial charge in [-0.05, 0) is 54.3 Å². The second-order valence-corrected chi connectivity index (χ2v) is 7.83. The normalized spacial score (nSPS) is 45.6. The molecule has 0 aromatic rings. The molecule has 0 aliphatic heterocycles. The van der Waals surface area contributed by atoms with Crippen LogP contribution < -0.4 is 0 Å². The summed E-state index contributed by atoms with van der Waals surface area (Å²) in [4.78, 5) is 0. The molecule has 0 nitrogen and oxygen atoms in total.